The van der Waals surface area contributed by atoms with E-state index in [2.05, 4.69) is 10.4 Å². The van der Waals surface area contributed by atoms with Gasteiger partial charge in [-0.25, -0.2) is 0 Å². The van der Waals surface area contributed by atoms with Crippen LogP contribution >= 0.6 is 0 Å². The predicted octanol–water partition coefficient (Wildman–Crippen LogP) is 1.83. The lowest BCUT2D eigenvalue weighted by atomic mass is 10.2. The van der Waals surface area contributed by atoms with E-state index in [-0.39, 0.29) is 17.9 Å². The quantitative estimate of drug-likeness (QED) is 0.938. The number of amides is 2. The topological polar surface area (TPSA) is 80.4 Å². The number of hydrogen-bond donors (Lipinski definition) is 1. The SMILES string of the molecule is CC(=O)Nc1ccn([C@H]2CCN(C(=O)c3occc3C)C2)n1. The van der Waals surface area contributed by atoms with Crippen molar-refractivity contribution in [2.75, 3.05) is 18.4 Å². The highest BCUT2D eigenvalue weighted by molar-refractivity contribution is 5.93. The van der Waals surface area contributed by atoms with Crippen molar-refractivity contribution in [1.82, 2.24) is 14.7 Å². The Morgan fingerprint density at radius 2 is 2.23 bits per heavy atom. The molecule has 1 aliphatic rings. The Morgan fingerprint density at radius 3 is 2.91 bits per heavy atom. The standard InChI is InChI=1S/C15H18N4O3/c1-10-5-8-22-14(10)15(21)18-6-3-12(9-18)19-7-4-13(17-19)16-11(2)20/h4-5,7-8,12H,3,6,9H2,1-2H3,(H,16,17,20)/t12-/m0/s1. The van der Waals surface area contributed by atoms with Crippen LogP contribution in [0.15, 0.2) is 29.0 Å². The highest BCUT2D eigenvalue weighted by Crippen LogP contribution is 2.24. The molecule has 116 valence electrons. The molecule has 0 aromatic carbocycles. The van der Waals surface area contributed by atoms with E-state index in [4.69, 9.17) is 4.42 Å². The third-order valence-electron chi connectivity index (χ3n) is 3.79. The highest BCUT2D eigenvalue weighted by Gasteiger charge is 2.30. The van der Waals surface area contributed by atoms with Gasteiger partial charge in [-0.15, -0.1) is 0 Å². The van der Waals surface area contributed by atoms with E-state index in [0.29, 0.717) is 24.7 Å². The first kappa shape index (κ1) is 14.4. The molecule has 1 N–H and O–H groups in total. The van der Waals surface area contributed by atoms with Gasteiger partial charge in [0, 0.05) is 37.8 Å². The minimum absolute atomic E-state index is 0.0840. The number of carbonyl (C=O) groups excluding carboxylic acids is 2. The maximum atomic E-state index is 12.4. The molecular formula is C15H18N4O3. The molecule has 3 heterocycles. The fourth-order valence-electron chi connectivity index (χ4n) is 2.67. The van der Waals surface area contributed by atoms with Crippen LogP contribution in [-0.4, -0.2) is 39.6 Å². The van der Waals surface area contributed by atoms with E-state index in [1.807, 2.05) is 13.1 Å². The van der Waals surface area contributed by atoms with Crippen molar-refractivity contribution in [3.05, 3.63) is 35.9 Å². The number of furan rings is 1. The summed E-state index contributed by atoms with van der Waals surface area (Å²) in [7, 11) is 0. The van der Waals surface area contributed by atoms with Crippen molar-refractivity contribution < 1.29 is 14.0 Å². The highest BCUT2D eigenvalue weighted by atomic mass is 16.3. The van der Waals surface area contributed by atoms with Gasteiger partial charge >= 0.3 is 0 Å². The zero-order chi connectivity index (χ0) is 15.7. The van der Waals surface area contributed by atoms with E-state index in [1.165, 1.54) is 13.2 Å². The van der Waals surface area contributed by atoms with Crippen molar-refractivity contribution in [2.45, 2.75) is 26.3 Å². The smallest absolute Gasteiger partial charge is 0.289 e. The Labute approximate surface area is 127 Å². The van der Waals surface area contributed by atoms with E-state index >= 15 is 0 Å². The minimum Gasteiger partial charge on any atom is -0.459 e. The Hall–Kier alpha value is -2.57. The molecule has 0 saturated carbocycles. The van der Waals surface area contributed by atoms with Gasteiger partial charge in [0.05, 0.1) is 12.3 Å². The predicted molar refractivity (Wildman–Crippen MR) is 79.5 cm³/mol. The maximum absolute atomic E-state index is 12.4. The van der Waals surface area contributed by atoms with Crippen LogP contribution < -0.4 is 5.32 Å². The first-order valence-electron chi connectivity index (χ1n) is 7.20. The number of likely N-dealkylation sites (tertiary alicyclic amines) is 1. The van der Waals surface area contributed by atoms with Crippen LogP contribution in [-0.2, 0) is 4.79 Å². The number of anilines is 1. The molecule has 22 heavy (non-hydrogen) atoms. The van der Waals surface area contributed by atoms with Crippen LogP contribution in [0.5, 0.6) is 0 Å². The lowest BCUT2D eigenvalue weighted by Crippen LogP contribution is -2.29. The number of rotatable bonds is 3. The normalized spacial score (nSPS) is 17.7. The molecule has 1 aliphatic heterocycles. The molecule has 3 rings (SSSR count). The Balaban J connectivity index is 1.67. The summed E-state index contributed by atoms with van der Waals surface area (Å²) in [6.07, 6.45) is 4.18. The third-order valence-corrected chi connectivity index (χ3v) is 3.79. The molecule has 2 aromatic heterocycles. The van der Waals surface area contributed by atoms with Gasteiger partial charge in [-0.1, -0.05) is 0 Å². The summed E-state index contributed by atoms with van der Waals surface area (Å²) in [6.45, 7) is 4.55. The van der Waals surface area contributed by atoms with Gasteiger partial charge in [-0.3, -0.25) is 14.3 Å². The van der Waals surface area contributed by atoms with Crippen LogP contribution in [0.25, 0.3) is 0 Å². The van der Waals surface area contributed by atoms with Gasteiger partial charge in [0.25, 0.3) is 5.91 Å². The Bertz CT molecular complexity index is 703. The molecule has 7 nitrogen and oxygen atoms in total. The van der Waals surface area contributed by atoms with Crippen LogP contribution in [0.1, 0.15) is 35.5 Å². The van der Waals surface area contributed by atoms with Gasteiger partial charge in [-0.2, -0.15) is 5.10 Å². The summed E-state index contributed by atoms with van der Waals surface area (Å²) in [5.41, 5.74) is 0.848. The monoisotopic (exact) mass is 302 g/mol. The second kappa shape index (κ2) is 5.67. The molecule has 2 amide bonds. The number of nitrogens with one attached hydrogen (secondary N) is 1. The van der Waals surface area contributed by atoms with Crippen molar-refractivity contribution in [3.8, 4) is 0 Å². The molecule has 0 aliphatic carbocycles. The molecule has 1 saturated heterocycles. The van der Waals surface area contributed by atoms with E-state index in [9.17, 15) is 9.59 Å². The van der Waals surface area contributed by atoms with Gasteiger partial charge in [0.1, 0.15) is 0 Å². The van der Waals surface area contributed by atoms with Crippen molar-refractivity contribution in [1.29, 1.82) is 0 Å². The van der Waals surface area contributed by atoms with Crippen LogP contribution in [0.2, 0.25) is 0 Å². The molecule has 0 bridgehead atoms. The summed E-state index contributed by atoms with van der Waals surface area (Å²) < 4.78 is 7.07. The second-order valence-electron chi connectivity index (χ2n) is 5.49. The van der Waals surface area contributed by atoms with E-state index in [1.54, 1.807) is 21.7 Å². The first-order valence-corrected chi connectivity index (χ1v) is 7.20. The first-order chi connectivity index (χ1) is 10.5. The molecule has 0 spiro atoms. The van der Waals surface area contributed by atoms with Gasteiger partial charge in [-0.05, 0) is 19.4 Å². The Morgan fingerprint density at radius 1 is 1.41 bits per heavy atom. The average molecular weight is 302 g/mol. The zero-order valence-corrected chi connectivity index (χ0v) is 12.6. The summed E-state index contributed by atoms with van der Waals surface area (Å²) >= 11 is 0. The Kier molecular flexibility index (Phi) is 3.70. The van der Waals surface area contributed by atoms with Gasteiger partial charge < -0.3 is 14.6 Å². The summed E-state index contributed by atoms with van der Waals surface area (Å²) in [5.74, 6) is 0.695. The number of nitrogens with zero attached hydrogens (tertiary/aromatic N) is 3. The number of carbonyl (C=O) groups is 2. The average Bonchev–Trinajstić information content (AvgIpc) is 3.16. The lowest BCUT2D eigenvalue weighted by Gasteiger charge is -2.15. The van der Waals surface area contributed by atoms with E-state index < -0.39 is 0 Å². The van der Waals surface area contributed by atoms with E-state index in [0.717, 1.165) is 12.0 Å². The molecule has 1 atom stereocenters. The van der Waals surface area contributed by atoms with Gasteiger partial charge in [0.2, 0.25) is 5.91 Å². The third kappa shape index (κ3) is 2.74. The molecule has 2 aromatic rings. The molecule has 1 fully saturated rings. The van der Waals surface area contributed by atoms with Crippen LogP contribution in [0.3, 0.4) is 0 Å². The van der Waals surface area contributed by atoms with Crippen molar-refractivity contribution in [2.24, 2.45) is 0 Å². The van der Waals surface area contributed by atoms with Crippen molar-refractivity contribution in [3.63, 3.8) is 0 Å². The molecular weight excluding hydrogens is 284 g/mol. The number of aryl methyl sites for hydroxylation is 1. The largest absolute Gasteiger partial charge is 0.459 e. The number of hydrogen-bond acceptors (Lipinski definition) is 4. The fourth-order valence-corrected chi connectivity index (χ4v) is 2.67. The zero-order valence-electron chi connectivity index (χ0n) is 12.6. The van der Waals surface area contributed by atoms with Crippen LogP contribution in [0.4, 0.5) is 5.82 Å². The fraction of sp³-hybridized carbons (Fsp3) is 0.400. The maximum Gasteiger partial charge on any atom is 0.289 e. The summed E-state index contributed by atoms with van der Waals surface area (Å²) in [5, 5.41) is 6.98. The summed E-state index contributed by atoms with van der Waals surface area (Å²) in [6, 6.07) is 3.65. The summed E-state index contributed by atoms with van der Waals surface area (Å²) in [4.78, 5) is 25.2. The molecule has 0 radical (unpaired) electrons. The second-order valence-corrected chi connectivity index (χ2v) is 5.49. The molecule has 7 heteroatoms. The van der Waals surface area contributed by atoms with Crippen LogP contribution in [0, 0.1) is 6.92 Å². The lowest BCUT2D eigenvalue weighted by molar-refractivity contribution is -0.114. The molecule has 0 unspecified atom stereocenters. The minimum atomic E-state index is -0.151. The van der Waals surface area contributed by atoms with Gasteiger partial charge in [0.15, 0.2) is 11.6 Å². The number of aromatic nitrogens is 2. The van der Waals surface area contributed by atoms with Crippen molar-refractivity contribution >= 4 is 17.6 Å².